The van der Waals surface area contributed by atoms with Crippen molar-refractivity contribution < 1.29 is 9.53 Å². The Labute approximate surface area is 157 Å². The number of pyridine rings is 1. The van der Waals surface area contributed by atoms with Gasteiger partial charge in [0.25, 0.3) is 5.91 Å². The van der Waals surface area contributed by atoms with Crippen molar-refractivity contribution in [1.29, 1.82) is 0 Å². The van der Waals surface area contributed by atoms with Gasteiger partial charge in [-0.15, -0.1) is 0 Å². The topological polar surface area (TPSA) is 63.2 Å². The molecule has 0 saturated carbocycles. The van der Waals surface area contributed by atoms with Crippen molar-refractivity contribution >= 4 is 34.6 Å². The van der Waals surface area contributed by atoms with E-state index in [4.69, 9.17) is 16.3 Å². The average Bonchev–Trinajstić information content (AvgIpc) is 2.64. The first-order valence-electron chi connectivity index (χ1n) is 8.00. The molecule has 0 aliphatic rings. The number of nitrogens with zero attached hydrogens (tertiary/aromatic N) is 1. The Morgan fingerprint density at radius 3 is 2.42 bits per heavy atom. The predicted molar refractivity (Wildman–Crippen MR) is 105 cm³/mol. The SMILES string of the molecule is COc1ccc(C)cc1NC(=O)c1ccc(Nc2ccc(Cl)cc2)cn1. The number of carbonyl (C=O) groups excluding carboxylic acids is 1. The van der Waals surface area contributed by atoms with Gasteiger partial charge >= 0.3 is 0 Å². The molecule has 1 heterocycles. The Morgan fingerprint density at radius 1 is 1.04 bits per heavy atom. The minimum atomic E-state index is -0.299. The quantitative estimate of drug-likeness (QED) is 0.662. The molecule has 0 unspecified atom stereocenters. The molecule has 0 aliphatic carbocycles. The van der Waals surface area contributed by atoms with E-state index in [9.17, 15) is 4.79 Å². The minimum absolute atomic E-state index is 0.299. The molecule has 132 valence electrons. The van der Waals surface area contributed by atoms with Gasteiger partial charge in [-0.1, -0.05) is 17.7 Å². The van der Waals surface area contributed by atoms with Crippen molar-refractivity contribution in [3.05, 3.63) is 77.1 Å². The number of hydrogen-bond donors (Lipinski definition) is 2. The molecule has 1 amide bonds. The van der Waals surface area contributed by atoms with Crippen LogP contribution in [0.1, 0.15) is 16.1 Å². The van der Waals surface area contributed by atoms with Crippen molar-refractivity contribution in [1.82, 2.24) is 4.98 Å². The zero-order valence-electron chi connectivity index (χ0n) is 14.4. The van der Waals surface area contributed by atoms with Crippen LogP contribution in [0.5, 0.6) is 5.75 Å². The van der Waals surface area contributed by atoms with E-state index in [1.165, 1.54) is 0 Å². The van der Waals surface area contributed by atoms with Crippen LogP contribution < -0.4 is 15.4 Å². The molecular weight excluding hydrogens is 350 g/mol. The Bertz CT molecular complexity index is 909. The van der Waals surface area contributed by atoms with Crippen LogP contribution in [0.3, 0.4) is 0 Å². The Kier molecular flexibility index (Phi) is 5.39. The number of anilines is 3. The van der Waals surface area contributed by atoms with E-state index >= 15 is 0 Å². The lowest BCUT2D eigenvalue weighted by Crippen LogP contribution is -2.14. The van der Waals surface area contributed by atoms with Crippen molar-refractivity contribution in [2.24, 2.45) is 0 Å². The second-order valence-corrected chi connectivity index (χ2v) is 6.16. The highest BCUT2D eigenvalue weighted by atomic mass is 35.5. The van der Waals surface area contributed by atoms with Crippen LogP contribution in [0.4, 0.5) is 17.1 Å². The average molecular weight is 368 g/mol. The van der Waals surface area contributed by atoms with Gasteiger partial charge in [0.15, 0.2) is 0 Å². The molecule has 26 heavy (non-hydrogen) atoms. The van der Waals surface area contributed by atoms with Crippen LogP contribution in [0.2, 0.25) is 5.02 Å². The summed E-state index contributed by atoms with van der Waals surface area (Å²) in [5.74, 6) is 0.303. The number of benzene rings is 2. The molecule has 0 bridgehead atoms. The van der Waals surface area contributed by atoms with Crippen molar-refractivity contribution in [3.63, 3.8) is 0 Å². The number of amides is 1. The van der Waals surface area contributed by atoms with E-state index in [0.29, 0.717) is 22.2 Å². The van der Waals surface area contributed by atoms with E-state index in [0.717, 1.165) is 16.9 Å². The molecule has 0 spiro atoms. The number of ether oxygens (including phenoxy) is 1. The molecule has 3 aromatic rings. The number of aromatic nitrogens is 1. The van der Waals surface area contributed by atoms with Crippen LogP contribution in [0.15, 0.2) is 60.8 Å². The number of halogens is 1. The molecule has 6 heteroatoms. The first kappa shape index (κ1) is 17.8. The molecule has 3 rings (SSSR count). The highest BCUT2D eigenvalue weighted by Crippen LogP contribution is 2.26. The maximum atomic E-state index is 12.4. The number of methoxy groups -OCH3 is 1. The lowest BCUT2D eigenvalue weighted by atomic mass is 10.2. The number of hydrogen-bond acceptors (Lipinski definition) is 4. The van der Waals surface area contributed by atoms with Crippen LogP contribution >= 0.6 is 11.6 Å². The second-order valence-electron chi connectivity index (χ2n) is 5.72. The normalized spacial score (nSPS) is 10.3. The summed E-state index contributed by atoms with van der Waals surface area (Å²) in [5.41, 5.74) is 3.62. The van der Waals surface area contributed by atoms with Gasteiger partial charge in [-0.05, 0) is 61.0 Å². The Morgan fingerprint density at radius 2 is 1.77 bits per heavy atom. The maximum absolute atomic E-state index is 12.4. The number of carbonyl (C=O) groups is 1. The van der Waals surface area contributed by atoms with Crippen molar-refractivity contribution in [2.75, 3.05) is 17.7 Å². The lowest BCUT2D eigenvalue weighted by Gasteiger charge is -2.11. The number of rotatable bonds is 5. The highest BCUT2D eigenvalue weighted by Gasteiger charge is 2.11. The lowest BCUT2D eigenvalue weighted by molar-refractivity contribution is 0.102. The first-order chi connectivity index (χ1) is 12.5. The molecular formula is C20H18ClN3O2. The molecule has 1 aromatic heterocycles. The van der Waals surface area contributed by atoms with Gasteiger partial charge in [0, 0.05) is 10.7 Å². The largest absolute Gasteiger partial charge is 0.495 e. The first-order valence-corrected chi connectivity index (χ1v) is 8.37. The van der Waals surface area contributed by atoms with Crippen LogP contribution in [0.25, 0.3) is 0 Å². The van der Waals surface area contributed by atoms with E-state index < -0.39 is 0 Å². The maximum Gasteiger partial charge on any atom is 0.274 e. The standard InChI is InChI=1S/C20H18ClN3O2/c1-13-3-10-19(26-2)18(11-13)24-20(25)17-9-8-16(12-22-17)23-15-6-4-14(21)5-7-15/h3-12,23H,1-2H3,(H,24,25). The van der Waals surface area contributed by atoms with E-state index in [2.05, 4.69) is 15.6 Å². The second kappa shape index (κ2) is 7.89. The Hall–Kier alpha value is -3.05. The monoisotopic (exact) mass is 367 g/mol. The van der Waals surface area contributed by atoms with E-state index in [1.807, 2.05) is 37.3 Å². The zero-order chi connectivity index (χ0) is 18.5. The summed E-state index contributed by atoms with van der Waals surface area (Å²) in [4.78, 5) is 16.7. The minimum Gasteiger partial charge on any atom is -0.495 e. The predicted octanol–water partition coefficient (Wildman–Crippen LogP) is 5.05. The number of nitrogens with one attached hydrogen (secondary N) is 2. The highest BCUT2D eigenvalue weighted by molar-refractivity contribution is 6.30. The van der Waals surface area contributed by atoms with Crippen LogP contribution in [-0.2, 0) is 0 Å². The smallest absolute Gasteiger partial charge is 0.274 e. The van der Waals surface area contributed by atoms with Gasteiger partial charge in [0.2, 0.25) is 0 Å². The Balaban J connectivity index is 1.71. The van der Waals surface area contributed by atoms with Crippen molar-refractivity contribution in [2.45, 2.75) is 6.92 Å². The van der Waals surface area contributed by atoms with Gasteiger partial charge in [0.05, 0.1) is 24.7 Å². The van der Waals surface area contributed by atoms with Gasteiger partial charge in [-0.3, -0.25) is 4.79 Å². The summed E-state index contributed by atoms with van der Waals surface area (Å²) in [5, 5.41) is 6.71. The fourth-order valence-corrected chi connectivity index (χ4v) is 2.53. The van der Waals surface area contributed by atoms with Gasteiger partial charge in [-0.25, -0.2) is 4.98 Å². The summed E-state index contributed by atoms with van der Waals surface area (Å²) < 4.78 is 5.28. The summed E-state index contributed by atoms with van der Waals surface area (Å²) in [6, 6.07) is 16.4. The van der Waals surface area contributed by atoms with Crippen LogP contribution in [-0.4, -0.2) is 18.0 Å². The molecule has 0 fully saturated rings. The third-order valence-corrected chi connectivity index (χ3v) is 3.98. The molecule has 0 aliphatic heterocycles. The molecule has 2 N–H and O–H groups in total. The molecule has 0 saturated heterocycles. The van der Waals surface area contributed by atoms with Gasteiger partial charge in [0.1, 0.15) is 11.4 Å². The molecule has 5 nitrogen and oxygen atoms in total. The van der Waals surface area contributed by atoms with Gasteiger partial charge in [-0.2, -0.15) is 0 Å². The van der Waals surface area contributed by atoms with Gasteiger partial charge < -0.3 is 15.4 Å². The molecule has 0 radical (unpaired) electrons. The summed E-state index contributed by atoms with van der Waals surface area (Å²) in [7, 11) is 1.57. The van der Waals surface area contributed by atoms with Crippen LogP contribution in [0, 0.1) is 6.92 Å². The molecule has 2 aromatic carbocycles. The van der Waals surface area contributed by atoms with E-state index in [1.54, 1.807) is 37.6 Å². The van der Waals surface area contributed by atoms with E-state index in [-0.39, 0.29) is 5.91 Å². The fourth-order valence-electron chi connectivity index (χ4n) is 2.41. The third kappa shape index (κ3) is 4.32. The summed E-state index contributed by atoms with van der Waals surface area (Å²) >= 11 is 5.87. The number of aryl methyl sites for hydroxylation is 1. The fraction of sp³-hybridized carbons (Fsp3) is 0.100. The van der Waals surface area contributed by atoms with Crippen molar-refractivity contribution in [3.8, 4) is 5.75 Å². The zero-order valence-corrected chi connectivity index (χ0v) is 15.2. The third-order valence-electron chi connectivity index (χ3n) is 3.73. The molecule has 0 atom stereocenters. The summed E-state index contributed by atoms with van der Waals surface area (Å²) in [6.07, 6.45) is 1.61. The summed E-state index contributed by atoms with van der Waals surface area (Å²) in [6.45, 7) is 1.95.